The zero-order valence-corrected chi connectivity index (χ0v) is 17.3. The van der Waals surface area contributed by atoms with Crippen LogP contribution in [0.2, 0.25) is 0 Å². The second-order valence-corrected chi connectivity index (χ2v) is 8.89. The number of carbonyl (C=O) groups is 1. The van der Waals surface area contributed by atoms with E-state index < -0.39 is 10.0 Å². The third-order valence-electron chi connectivity index (χ3n) is 4.28. The zero-order chi connectivity index (χ0) is 20.3. The van der Waals surface area contributed by atoms with Crippen molar-refractivity contribution in [1.29, 1.82) is 0 Å². The molecule has 0 spiro atoms. The summed E-state index contributed by atoms with van der Waals surface area (Å²) in [7, 11) is -0.549. The molecule has 0 unspecified atom stereocenters. The van der Waals surface area contributed by atoms with E-state index in [1.165, 1.54) is 25.5 Å². The lowest BCUT2D eigenvalue weighted by Crippen LogP contribution is -2.26. The summed E-state index contributed by atoms with van der Waals surface area (Å²) < 4.78 is 30.5. The Labute approximate surface area is 168 Å². The van der Waals surface area contributed by atoms with Gasteiger partial charge in [0, 0.05) is 17.8 Å². The van der Waals surface area contributed by atoms with E-state index in [0.29, 0.717) is 22.7 Å². The van der Waals surface area contributed by atoms with Crippen LogP contribution in [0.3, 0.4) is 0 Å². The number of nitrogens with zero attached hydrogens (tertiary/aromatic N) is 1. The Morgan fingerprint density at radius 1 is 1.07 bits per heavy atom. The van der Waals surface area contributed by atoms with Crippen molar-refractivity contribution >= 4 is 38.6 Å². The summed E-state index contributed by atoms with van der Waals surface area (Å²) in [4.78, 5) is 12.8. The number of thiophene rings is 1. The van der Waals surface area contributed by atoms with Gasteiger partial charge >= 0.3 is 0 Å². The van der Waals surface area contributed by atoms with E-state index in [1.54, 1.807) is 22.9 Å². The molecular formula is C20H20N2O4S2. The molecule has 0 aliphatic heterocycles. The minimum atomic E-state index is -3.50. The molecule has 1 aromatic heterocycles. The van der Waals surface area contributed by atoms with Gasteiger partial charge in [0.05, 0.1) is 30.3 Å². The number of nitrogens with one attached hydrogen (secondary N) is 1. The van der Waals surface area contributed by atoms with E-state index in [0.717, 1.165) is 21.7 Å². The van der Waals surface area contributed by atoms with Crippen molar-refractivity contribution in [2.24, 2.45) is 0 Å². The molecule has 3 aromatic rings. The van der Waals surface area contributed by atoms with Crippen molar-refractivity contribution in [2.75, 3.05) is 30.0 Å². The van der Waals surface area contributed by atoms with Crippen LogP contribution in [-0.4, -0.2) is 34.7 Å². The minimum Gasteiger partial charge on any atom is -0.495 e. The van der Waals surface area contributed by atoms with Gasteiger partial charge in [0.1, 0.15) is 5.75 Å². The van der Waals surface area contributed by atoms with E-state index >= 15 is 0 Å². The van der Waals surface area contributed by atoms with Crippen molar-refractivity contribution in [3.63, 3.8) is 0 Å². The predicted molar refractivity (Wildman–Crippen MR) is 114 cm³/mol. The van der Waals surface area contributed by atoms with Crippen LogP contribution in [0.15, 0.2) is 59.3 Å². The molecule has 1 heterocycles. The number of hydrogen-bond donors (Lipinski definition) is 1. The van der Waals surface area contributed by atoms with Crippen molar-refractivity contribution in [3.8, 4) is 16.9 Å². The molecule has 0 saturated heterocycles. The number of sulfonamides is 1. The highest BCUT2D eigenvalue weighted by Crippen LogP contribution is 2.33. The Bertz CT molecular complexity index is 1090. The van der Waals surface area contributed by atoms with Crippen molar-refractivity contribution in [1.82, 2.24) is 0 Å². The molecular weight excluding hydrogens is 396 g/mol. The van der Waals surface area contributed by atoms with E-state index in [2.05, 4.69) is 5.32 Å². The largest absolute Gasteiger partial charge is 0.495 e. The molecule has 28 heavy (non-hydrogen) atoms. The Morgan fingerprint density at radius 3 is 2.43 bits per heavy atom. The predicted octanol–water partition coefficient (Wildman–Crippen LogP) is 4.07. The van der Waals surface area contributed by atoms with Gasteiger partial charge in [0.2, 0.25) is 10.0 Å². The van der Waals surface area contributed by atoms with Gasteiger partial charge in [0.15, 0.2) is 0 Å². The molecule has 3 rings (SSSR count). The maximum absolute atomic E-state index is 12.8. The fourth-order valence-corrected chi connectivity index (χ4v) is 3.99. The van der Waals surface area contributed by atoms with E-state index in [9.17, 15) is 13.2 Å². The van der Waals surface area contributed by atoms with Crippen LogP contribution in [0.4, 0.5) is 11.4 Å². The summed E-state index contributed by atoms with van der Waals surface area (Å²) in [6.07, 6.45) is 1.12. The zero-order valence-electron chi connectivity index (χ0n) is 15.7. The molecule has 8 heteroatoms. The number of benzene rings is 2. The molecule has 0 fully saturated rings. The number of rotatable bonds is 6. The van der Waals surface area contributed by atoms with Crippen LogP contribution in [0.25, 0.3) is 11.1 Å². The van der Waals surface area contributed by atoms with Gasteiger partial charge in [-0.25, -0.2) is 8.42 Å². The Kier molecular flexibility index (Phi) is 5.71. The number of carbonyl (C=O) groups excluding carboxylic acids is 1. The lowest BCUT2D eigenvalue weighted by Gasteiger charge is -2.21. The molecule has 2 aromatic carbocycles. The fraction of sp³-hybridized carbons (Fsp3) is 0.150. The first-order chi connectivity index (χ1) is 13.3. The minimum absolute atomic E-state index is 0.369. The quantitative estimate of drug-likeness (QED) is 0.657. The summed E-state index contributed by atoms with van der Waals surface area (Å²) in [6, 6.07) is 14.9. The standard InChI is InChI=1S/C20H20N2O4S2/c1-22(28(3,24)25)18-10-9-15(14-7-5-4-6-8-14)11-17(18)21-20(23)16-12-27-13-19(16)26-2/h4-13H,1-3H3,(H,21,23). The number of methoxy groups -OCH3 is 1. The molecule has 0 radical (unpaired) electrons. The maximum atomic E-state index is 12.8. The summed E-state index contributed by atoms with van der Waals surface area (Å²) in [5.41, 5.74) is 2.99. The lowest BCUT2D eigenvalue weighted by molar-refractivity contribution is 0.102. The van der Waals surface area contributed by atoms with Crippen LogP contribution in [0, 0.1) is 0 Å². The Morgan fingerprint density at radius 2 is 1.79 bits per heavy atom. The van der Waals surface area contributed by atoms with Crippen molar-refractivity contribution in [2.45, 2.75) is 0 Å². The van der Waals surface area contributed by atoms with Gasteiger partial charge in [0.25, 0.3) is 5.91 Å². The topological polar surface area (TPSA) is 75.7 Å². The maximum Gasteiger partial charge on any atom is 0.260 e. The van der Waals surface area contributed by atoms with Gasteiger partial charge in [-0.2, -0.15) is 0 Å². The van der Waals surface area contributed by atoms with Crippen LogP contribution >= 0.6 is 11.3 Å². The number of hydrogen-bond acceptors (Lipinski definition) is 5. The van der Waals surface area contributed by atoms with Gasteiger partial charge < -0.3 is 10.1 Å². The van der Waals surface area contributed by atoms with Gasteiger partial charge in [-0.1, -0.05) is 36.4 Å². The van der Waals surface area contributed by atoms with Crippen LogP contribution in [-0.2, 0) is 10.0 Å². The lowest BCUT2D eigenvalue weighted by atomic mass is 10.0. The van der Waals surface area contributed by atoms with Crippen LogP contribution in [0.5, 0.6) is 5.75 Å². The first-order valence-electron chi connectivity index (χ1n) is 8.36. The summed E-state index contributed by atoms with van der Waals surface area (Å²) >= 11 is 1.35. The molecule has 1 amide bonds. The van der Waals surface area contributed by atoms with Crippen LogP contribution in [0.1, 0.15) is 10.4 Å². The monoisotopic (exact) mass is 416 g/mol. The van der Waals surface area contributed by atoms with E-state index in [1.807, 2.05) is 36.4 Å². The summed E-state index contributed by atoms with van der Waals surface area (Å²) in [6.45, 7) is 0. The highest BCUT2D eigenvalue weighted by molar-refractivity contribution is 7.92. The van der Waals surface area contributed by atoms with E-state index in [-0.39, 0.29) is 5.91 Å². The van der Waals surface area contributed by atoms with Crippen molar-refractivity contribution < 1.29 is 17.9 Å². The number of ether oxygens (including phenoxy) is 1. The molecule has 0 aliphatic carbocycles. The number of anilines is 2. The van der Waals surface area contributed by atoms with Crippen LogP contribution < -0.4 is 14.4 Å². The molecule has 1 N–H and O–H groups in total. The average Bonchev–Trinajstić information content (AvgIpc) is 3.16. The second kappa shape index (κ2) is 8.04. The second-order valence-electron chi connectivity index (χ2n) is 6.14. The molecule has 0 saturated carbocycles. The molecule has 0 bridgehead atoms. The van der Waals surface area contributed by atoms with Gasteiger partial charge in [-0.3, -0.25) is 9.10 Å². The third kappa shape index (κ3) is 4.18. The molecule has 0 aliphatic rings. The highest BCUT2D eigenvalue weighted by atomic mass is 32.2. The highest BCUT2D eigenvalue weighted by Gasteiger charge is 2.20. The summed E-state index contributed by atoms with van der Waals surface area (Å²) in [5.74, 6) is 0.103. The summed E-state index contributed by atoms with van der Waals surface area (Å²) in [5, 5.41) is 6.26. The Hall–Kier alpha value is -2.84. The number of amides is 1. The fourth-order valence-electron chi connectivity index (χ4n) is 2.70. The van der Waals surface area contributed by atoms with Gasteiger partial charge in [-0.05, 0) is 23.3 Å². The first-order valence-corrected chi connectivity index (χ1v) is 11.2. The first kappa shape index (κ1) is 19.9. The van der Waals surface area contributed by atoms with E-state index in [4.69, 9.17) is 4.74 Å². The smallest absolute Gasteiger partial charge is 0.260 e. The third-order valence-corrected chi connectivity index (χ3v) is 6.19. The van der Waals surface area contributed by atoms with Gasteiger partial charge in [-0.15, -0.1) is 11.3 Å². The normalized spacial score (nSPS) is 11.1. The molecule has 146 valence electrons. The molecule has 0 atom stereocenters. The molecule has 6 nitrogen and oxygen atoms in total. The average molecular weight is 417 g/mol. The SMILES string of the molecule is COc1cscc1C(=O)Nc1cc(-c2ccccc2)ccc1N(C)S(C)(=O)=O. The van der Waals surface area contributed by atoms with Crippen molar-refractivity contribution in [3.05, 3.63) is 64.9 Å². The Balaban J connectivity index is 2.05.